The summed E-state index contributed by atoms with van der Waals surface area (Å²) < 4.78 is 5.32. The Labute approximate surface area is 113 Å². The van der Waals surface area contributed by atoms with Gasteiger partial charge in [0.2, 0.25) is 0 Å². The van der Waals surface area contributed by atoms with E-state index in [4.69, 9.17) is 9.84 Å². The number of hydrogen-bond acceptors (Lipinski definition) is 7. The molecule has 0 spiro atoms. The Morgan fingerprint density at radius 3 is 2.85 bits per heavy atom. The molecule has 0 aromatic rings. The molecule has 3 rings (SSSR count). The Morgan fingerprint density at radius 1 is 1.35 bits per heavy atom. The first-order valence-electron chi connectivity index (χ1n) is 6.08. The van der Waals surface area contributed by atoms with E-state index in [2.05, 4.69) is 15.0 Å². The summed E-state index contributed by atoms with van der Waals surface area (Å²) in [5.74, 6) is 0.327. The minimum absolute atomic E-state index is 0.104. The van der Waals surface area contributed by atoms with Crippen molar-refractivity contribution in [1.82, 2.24) is 15.0 Å². The van der Waals surface area contributed by atoms with Gasteiger partial charge in [0.25, 0.3) is 5.56 Å². The Balaban J connectivity index is 2.05. The van der Waals surface area contributed by atoms with Crippen LogP contribution in [0, 0.1) is 0 Å². The topological polar surface area (TPSA) is 129 Å². The van der Waals surface area contributed by atoms with Crippen LogP contribution in [0.25, 0.3) is 11.5 Å². The highest BCUT2D eigenvalue weighted by atomic mass is 16.6. The van der Waals surface area contributed by atoms with Gasteiger partial charge in [-0.2, -0.15) is 4.98 Å². The van der Waals surface area contributed by atoms with Crippen LogP contribution in [0.5, 0.6) is 0 Å². The van der Waals surface area contributed by atoms with Gasteiger partial charge in [0.15, 0.2) is 5.82 Å². The van der Waals surface area contributed by atoms with Crippen molar-refractivity contribution in [2.75, 3.05) is 6.61 Å². The second-order valence-electron chi connectivity index (χ2n) is 4.60. The van der Waals surface area contributed by atoms with Crippen molar-refractivity contribution in [3.63, 3.8) is 0 Å². The van der Waals surface area contributed by atoms with Gasteiger partial charge in [-0.25, -0.2) is 0 Å². The molecule has 0 aliphatic carbocycles. The molecule has 0 radical (unpaired) electrons. The lowest BCUT2D eigenvalue weighted by atomic mass is 10.0. The normalized spacial score (nSPS) is 29.9. The zero-order valence-corrected chi connectivity index (χ0v) is 10.3. The lowest BCUT2D eigenvalue weighted by Crippen LogP contribution is -2.33. The SMILES string of the molecule is O=c1nc2[nH]ccnc-2cc1[C@@H]1O[C@H](CO)C(O)[C@@H]1O. The first-order valence-corrected chi connectivity index (χ1v) is 6.08. The van der Waals surface area contributed by atoms with E-state index in [9.17, 15) is 15.0 Å². The Kier molecular flexibility index (Phi) is 3.22. The molecular formula is C12H13N3O5. The molecule has 0 amide bonds. The molecule has 106 valence electrons. The minimum Gasteiger partial charge on any atom is -0.394 e. The van der Waals surface area contributed by atoms with Gasteiger partial charge >= 0.3 is 0 Å². The molecule has 20 heavy (non-hydrogen) atoms. The summed E-state index contributed by atoms with van der Waals surface area (Å²) in [6.07, 6.45) is -1.47. The number of nitrogens with one attached hydrogen (secondary N) is 1. The summed E-state index contributed by atoms with van der Waals surface area (Å²) in [5, 5.41) is 28.7. The fourth-order valence-electron chi connectivity index (χ4n) is 2.30. The van der Waals surface area contributed by atoms with Gasteiger partial charge in [-0.3, -0.25) is 9.78 Å². The second kappa shape index (κ2) is 4.91. The van der Waals surface area contributed by atoms with Crippen LogP contribution in [0.15, 0.2) is 23.3 Å². The number of H-pyrrole nitrogens is 1. The smallest absolute Gasteiger partial charge is 0.277 e. The molecule has 1 unspecified atom stereocenters. The van der Waals surface area contributed by atoms with Gasteiger partial charge in [0.1, 0.15) is 30.1 Å². The van der Waals surface area contributed by atoms with Gasteiger partial charge < -0.3 is 25.0 Å². The predicted molar refractivity (Wildman–Crippen MR) is 66.0 cm³/mol. The lowest BCUT2D eigenvalue weighted by Gasteiger charge is -2.15. The number of rotatable bonds is 2. The van der Waals surface area contributed by atoms with E-state index in [1.165, 1.54) is 12.3 Å². The van der Waals surface area contributed by atoms with Crippen LogP contribution in [0.2, 0.25) is 0 Å². The highest BCUT2D eigenvalue weighted by Crippen LogP contribution is 2.32. The average Bonchev–Trinajstić information content (AvgIpc) is 2.74. The number of ether oxygens (including phenoxy) is 1. The van der Waals surface area contributed by atoms with Crippen LogP contribution in [-0.4, -0.2) is 55.2 Å². The van der Waals surface area contributed by atoms with Crippen molar-refractivity contribution in [2.24, 2.45) is 0 Å². The van der Waals surface area contributed by atoms with Gasteiger partial charge in [-0.15, -0.1) is 0 Å². The quantitative estimate of drug-likeness (QED) is 0.522. The molecular weight excluding hydrogens is 266 g/mol. The summed E-state index contributed by atoms with van der Waals surface area (Å²) in [6, 6.07) is 1.46. The van der Waals surface area contributed by atoms with E-state index < -0.39 is 36.6 Å². The van der Waals surface area contributed by atoms with E-state index in [0.717, 1.165) is 0 Å². The summed E-state index contributed by atoms with van der Waals surface area (Å²) in [6.45, 7) is -0.448. The number of aromatic nitrogens is 3. The highest BCUT2D eigenvalue weighted by molar-refractivity contribution is 5.51. The maximum absolute atomic E-state index is 12.0. The van der Waals surface area contributed by atoms with Crippen molar-refractivity contribution in [3.8, 4) is 11.5 Å². The first kappa shape index (κ1) is 13.1. The van der Waals surface area contributed by atoms with Gasteiger partial charge in [-0.1, -0.05) is 0 Å². The Morgan fingerprint density at radius 2 is 2.15 bits per heavy atom. The van der Waals surface area contributed by atoms with Gasteiger partial charge in [0.05, 0.1) is 12.2 Å². The largest absolute Gasteiger partial charge is 0.394 e. The molecule has 3 aliphatic heterocycles. The summed E-state index contributed by atoms with van der Waals surface area (Å²) in [5.41, 5.74) is -0.0245. The molecule has 3 heterocycles. The third-order valence-electron chi connectivity index (χ3n) is 3.35. The predicted octanol–water partition coefficient (Wildman–Crippen LogP) is -1.58. The number of aliphatic hydroxyl groups is 3. The number of hydrogen-bond donors (Lipinski definition) is 4. The van der Waals surface area contributed by atoms with Gasteiger partial charge in [-0.05, 0) is 6.07 Å². The van der Waals surface area contributed by atoms with E-state index in [0.29, 0.717) is 11.5 Å². The number of nitrogens with zero attached hydrogens (tertiary/aromatic N) is 2. The molecule has 3 aliphatic rings. The third-order valence-corrected chi connectivity index (χ3v) is 3.35. The Hall–Kier alpha value is -1.87. The van der Waals surface area contributed by atoms with Crippen molar-refractivity contribution >= 4 is 0 Å². The molecule has 1 fully saturated rings. The molecule has 0 aromatic carbocycles. The Bertz CT molecular complexity index is 645. The molecule has 0 aromatic heterocycles. The van der Waals surface area contributed by atoms with E-state index in [1.807, 2.05) is 0 Å². The van der Waals surface area contributed by atoms with Crippen LogP contribution in [0.4, 0.5) is 0 Å². The maximum Gasteiger partial charge on any atom is 0.277 e. The molecule has 0 bridgehead atoms. The van der Waals surface area contributed by atoms with Crippen molar-refractivity contribution < 1.29 is 20.1 Å². The molecule has 4 N–H and O–H groups in total. The minimum atomic E-state index is -1.30. The molecule has 8 nitrogen and oxygen atoms in total. The highest BCUT2D eigenvalue weighted by Gasteiger charge is 2.44. The van der Waals surface area contributed by atoms with Crippen LogP contribution in [0.1, 0.15) is 11.7 Å². The summed E-state index contributed by atoms with van der Waals surface area (Å²) in [7, 11) is 0. The van der Waals surface area contributed by atoms with Gasteiger partial charge in [0, 0.05) is 12.4 Å². The van der Waals surface area contributed by atoms with Crippen LogP contribution in [0.3, 0.4) is 0 Å². The van der Waals surface area contributed by atoms with Crippen molar-refractivity contribution in [1.29, 1.82) is 0 Å². The summed E-state index contributed by atoms with van der Waals surface area (Å²) in [4.78, 5) is 22.6. The second-order valence-corrected chi connectivity index (χ2v) is 4.60. The van der Waals surface area contributed by atoms with Crippen LogP contribution >= 0.6 is 0 Å². The number of pyridine rings is 1. The standard InChI is InChI=1S/C12H13N3O5/c16-4-7-8(17)9(18)10(20-7)5-3-6-11(15-12(5)19)14-2-1-13-6/h1-3,7-10,16-18H,4H2,(H,14,15,19)/t7-,8?,9+,10+/m1/s1. The van der Waals surface area contributed by atoms with Crippen LogP contribution < -0.4 is 5.56 Å². The molecule has 0 saturated carbocycles. The third kappa shape index (κ3) is 1.98. The van der Waals surface area contributed by atoms with Crippen molar-refractivity contribution in [2.45, 2.75) is 24.4 Å². The number of fused-ring (bicyclic) bond motifs is 1. The maximum atomic E-state index is 12.0. The molecule has 4 atom stereocenters. The fraction of sp³-hybridized carbons (Fsp3) is 0.417. The van der Waals surface area contributed by atoms with Crippen molar-refractivity contribution in [3.05, 3.63) is 34.4 Å². The lowest BCUT2D eigenvalue weighted by molar-refractivity contribution is -0.0231. The van der Waals surface area contributed by atoms with Crippen LogP contribution in [-0.2, 0) is 4.74 Å². The first-order chi connectivity index (χ1) is 9.61. The molecule has 1 saturated heterocycles. The zero-order valence-electron chi connectivity index (χ0n) is 10.3. The fourth-order valence-corrected chi connectivity index (χ4v) is 2.30. The van der Waals surface area contributed by atoms with E-state index in [1.54, 1.807) is 6.20 Å². The number of aromatic amines is 1. The number of aliphatic hydroxyl groups excluding tert-OH is 3. The van der Waals surface area contributed by atoms with E-state index in [-0.39, 0.29) is 5.56 Å². The molecule has 8 heteroatoms. The zero-order chi connectivity index (χ0) is 14.3. The summed E-state index contributed by atoms with van der Waals surface area (Å²) >= 11 is 0. The average molecular weight is 279 g/mol. The monoisotopic (exact) mass is 279 g/mol. The van der Waals surface area contributed by atoms with E-state index >= 15 is 0 Å².